The number of hydrogen-bond acceptors (Lipinski definition) is 4. The number of fused-ring (bicyclic) bond motifs is 6. The molecule has 0 N–H and O–H groups in total. The maximum atomic E-state index is 6.76. The number of furan rings is 1. The van der Waals surface area contributed by atoms with Gasteiger partial charge in [-0.25, -0.2) is 4.98 Å². The second kappa shape index (κ2) is 15.1. The van der Waals surface area contributed by atoms with Crippen LogP contribution in [-0.2, 0) is 0 Å². The minimum absolute atomic E-state index is 0.0395. The Morgan fingerprint density at radius 2 is 0.825 bits per heavy atom. The summed E-state index contributed by atoms with van der Waals surface area (Å²) in [6.45, 7) is 0. The zero-order chi connectivity index (χ0) is 44.3. The molecule has 0 amide bonds. The van der Waals surface area contributed by atoms with Gasteiger partial charge in [-0.1, -0.05) is 99.5 Å². The van der Waals surface area contributed by atoms with Crippen molar-refractivity contribution in [2.45, 2.75) is 0 Å². The number of hydrogen-bond donors (Lipinski definition) is 0. The van der Waals surface area contributed by atoms with Crippen LogP contribution >= 0.6 is 0 Å². The van der Waals surface area contributed by atoms with Crippen molar-refractivity contribution in [1.29, 1.82) is 0 Å². The van der Waals surface area contributed by atoms with Crippen molar-refractivity contribution in [3.05, 3.63) is 91.0 Å². The fourth-order valence-corrected chi connectivity index (χ4v) is 8.40. The second-order valence-corrected chi connectivity index (χ2v) is 15.3. The summed E-state index contributed by atoms with van der Waals surface area (Å²) in [7, 11) is 84.9. The number of rotatable bonds is 5. The van der Waals surface area contributed by atoms with E-state index in [2.05, 4.69) is 0 Å². The molecule has 0 unspecified atom stereocenters. The van der Waals surface area contributed by atoms with Gasteiger partial charge in [0.25, 0.3) is 0 Å². The van der Waals surface area contributed by atoms with E-state index in [1.54, 1.807) is 4.57 Å². The molecule has 5 nitrogen and oxygen atoms in total. The van der Waals surface area contributed by atoms with E-state index in [0.717, 1.165) is 16.5 Å². The predicted molar refractivity (Wildman–Crippen MR) is 273 cm³/mol. The van der Waals surface area contributed by atoms with E-state index >= 15 is 0 Å². The van der Waals surface area contributed by atoms with Crippen molar-refractivity contribution in [3.8, 4) is 51.0 Å². The summed E-state index contributed by atoms with van der Waals surface area (Å²) in [5.41, 5.74) is 6.92. The number of nitrogens with zero attached hydrogens (tertiary/aromatic N) is 4. The molecule has 26 radical (unpaired) electrons. The summed E-state index contributed by atoms with van der Waals surface area (Å²) in [6.07, 6.45) is 0. The molecule has 63 heavy (non-hydrogen) atoms. The molecule has 0 bridgehead atoms. The molecule has 3 aromatic heterocycles. The van der Waals surface area contributed by atoms with Gasteiger partial charge < -0.3 is 4.42 Å². The van der Waals surface area contributed by atoms with Crippen LogP contribution < -0.4 is 71.0 Å². The van der Waals surface area contributed by atoms with Crippen LogP contribution in [0.5, 0.6) is 0 Å². The molecule has 0 aliphatic rings. The Hall–Kier alpha value is -6.01. The zero-order valence-electron chi connectivity index (χ0n) is 33.4. The number of benzene rings is 7. The summed E-state index contributed by atoms with van der Waals surface area (Å²) in [5.74, 6) is 0.631. The van der Waals surface area contributed by atoms with Gasteiger partial charge in [-0.05, 0) is 57.3 Å². The van der Waals surface area contributed by atoms with Crippen LogP contribution in [0, 0.1) is 0 Å². The summed E-state index contributed by atoms with van der Waals surface area (Å²) >= 11 is 0. The monoisotopic (exact) mass is 770 g/mol. The second-order valence-electron chi connectivity index (χ2n) is 15.3. The smallest absolute Gasteiger partial charge is 0.238 e. The lowest BCUT2D eigenvalue weighted by Gasteiger charge is -2.22. The average Bonchev–Trinajstić information content (AvgIpc) is 3.87. The van der Waals surface area contributed by atoms with Crippen LogP contribution in [0.2, 0.25) is 0 Å². The first kappa shape index (κ1) is 41.0. The summed E-state index contributed by atoms with van der Waals surface area (Å²) in [5, 5.41) is 2.12. The normalized spacial score (nSPS) is 11.7. The van der Waals surface area contributed by atoms with Gasteiger partial charge in [-0.15, -0.1) is 38.2 Å². The van der Waals surface area contributed by atoms with Crippen molar-refractivity contribution in [2.24, 2.45) is 0 Å². The molecule has 3 heterocycles. The van der Waals surface area contributed by atoms with Crippen LogP contribution in [0.15, 0.2) is 95.4 Å². The maximum absolute atomic E-state index is 6.76. The Morgan fingerprint density at radius 1 is 0.365 bits per heavy atom. The highest BCUT2D eigenvalue weighted by Crippen LogP contribution is 2.40. The van der Waals surface area contributed by atoms with E-state index in [1.165, 1.54) is 0 Å². The van der Waals surface area contributed by atoms with Crippen molar-refractivity contribution in [3.63, 3.8) is 0 Å². The molecule has 7 aromatic carbocycles. The minimum Gasteiger partial charge on any atom is -0.456 e. The maximum Gasteiger partial charge on any atom is 0.238 e. The fourth-order valence-electron chi connectivity index (χ4n) is 8.40. The topological polar surface area (TPSA) is 56.7 Å². The van der Waals surface area contributed by atoms with Crippen molar-refractivity contribution < 1.29 is 4.42 Å². The molecule has 0 aliphatic heterocycles. The first-order valence-electron chi connectivity index (χ1n) is 19.4. The van der Waals surface area contributed by atoms with Crippen LogP contribution in [0.4, 0.5) is 0 Å². The lowest BCUT2D eigenvalue weighted by Crippen LogP contribution is -2.55. The average molecular weight is 768 g/mol. The zero-order valence-corrected chi connectivity index (χ0v) is 33.4. The molecule has 0 aliphatic carbocycles. The third-order valence-corrected chi connectivity index (χ3v) is 11.7. The molecular weight excluding hydrogens is 753 g/mol. The highest BCUT2D eigenvalue weighted by Gasteiger charge is 2.26. The highest BCUT2D eigenvalue weighted by molar-refractivity contribution is 6.72. The van der Waals surface area contributed by atoms with E-state index < -0.39 is 0 Å². The molecule has 0 saturated carbocycles. The van der Waals surface area contributed by atoms with Gasteiger partial charge in [-0.3, -0.25) is 4.57 Å². The van der Waals surface area contributed by atoms with Gasteiger partial charge in [-0.2, -0.15) is 9.97 Å². The largest absolute Gasteiger partial charge is 0.456 e. The summed E-state index contributed by atoms with van der Waals surface area (Å²) in [4.78, 5) is 15.0. The van der Waals surface area contributed by atoms with Crippen LogP contribution in [0.1, 0.15) is 0 Å². The van der Waals surface area contributed by atoms with Gasteiger partial charge in [0.05, 0.1) is 0 Å². The Kier molecular flexibility index (Phi) is 9.82. The molecule has 260 valence electrons. The SMILES string of the molecule is [B]c1c([B])c([B])c(-c2cc(-c3ccccc3)cc3oc4cc(-c5nc(-c6ccccc6)nc(-n6c7c([B])c([B])c([B])c([B])c7c7c([B])c([B])c([B])c([B])c76)n5)ccc4c23)c([B])c1[B]. The Balaban J connectivity index is 1.27. The first-order valence-corrected chi connectivity index (χ1v) is 19.4. The van der Waals surface area contributed by atoms with E-state index in [-0.39, 0.29) is 93.8 Å². The Morgan fingerprint density at radius 3 is 1.38 bits per heavy atom. The lowest BCUT2D eigenvalue weighted by molar-refractivity contribution is 0.669. The summed E-state index contributed by atoms with van der Waals surface area (Å²) < 4.78 is 8.28. The summed E-state index contributed by atoms with van der Waals surface area (Å²) in [6, 6.07) is 28.7. The lowest BCUT2D eigenvalue weighted by atomic mass is 9.59. The van der Waals surface area contributed by atoms with Gasteiger partial charge in [0, 0.05) is 32.9 Å². The Labute approximate surface area is 380 Å². The third-order valence-electron chi connectivity index (χ3n) is 11.7. The molecule has 0 atom stereocenters. The van der Waals surface area contributed by atoms with Gasteiger partial charge in [0.15, 0.2) is 11.6 Å². The third kappa shape index (κ3) is 6.14. The van der Waals surface area contributed by atoms with Crippen LogP contribution in [0.3, 0.4) is 0 Å². The van der Waals surface area contributed by atoms with Crippen molar-refractivity contribution in [2.75, 3.05) is 0 Å². The van der Waals surface area contributed by atoms with E-state index in [9.17, 15) is 0 Å². The molecule has 0 saturated heterocycles. The number of aromatic nitrogens is 4. The quantitative estimate of drug-likeness (QED) is 0.167. The standard InChI is InChI=1S/C45H15B13N4O/c46-28-25(29(47)33(51)36(54)32(28)50)21-13-19(16-7-3-1-4-8-16)15-23-24(21)20-12-11-18(14-22(20)63-23)44-59-43(17-9-5-2-6-10-17)60-45(61-44)62-41-26(30(48)34(52)37(55)39(41)57)27-31(49)35(53)38(56)40(58)42(27)62/h1-15H. The Bertz CT molecular complexity index is 3510. The highest BCUT2D eigenvalue weighted by atomic mass is 16.3. The van der Waals surface area contributed by atoms with Gasteiger partial charge in [0.2, 0.25) is 5.95 Å². The van der Waals surface area contributed by atoms with Crippen LogP contribution in [-0.4, -0.2) is 122 Å². The molecule has 18 heteroatoms. The van der Waals surface area contributed by atoms with E-state index in [1.807, 2.05) is 91.0 Å². The molecular formula is C45H15B13N4O. The molecule has 0 spiro atoms. The van der Waals surface area contributed by atoms with E-state index in [0.29, 0.717) is 55.4 Å². The molecule has 10 rings (SSSR count). The van der Waals surface area contributed by atoms with Gasteiger partial charge in [0.1, 0.15) is 113 Å². The van der Waals surface area contributed by atoms with Crippen molar-refractivity contribution >= 4 is 217 Å². The first-order chi connectivity index (χ1) is 30.2. The predicted octanol–water partition coefficient (Wildman–Crippen LogP) is -4.14. The molecule has 10 aromatic rings. The van der Waals surface area contributed by atoms with Gasteiger partial charge >= 0.3 is 0 Å². The molecule has 0 fully saturated rings. The fraction of sp³-hybridized carbons (Fsp3) is 0. The van der Waals surface area contributed by atoms with E-state index in [4.69, 9.17) is 121 Å². The van der Waals surface area contributed by atoms with Crippen molar-refractivity contribution in [1.82, 2.24) is 19.5 Å². The van der Waals surface area contributed by atoms with Crippen LogP contribution in [0.25, 0.3) is 94.7 Å². The minimum atomic E-state index is 0.0395.